The van der Waals surface area contributed by atoms with Gasteiger partial charge in [-0.05, 0) is 49.9 Å². The number of carbonyl (C=O) groups excluding carboxylic acids is 2. The number of ether oxygens (including phenoxy) is 2. The molecule has 0 unspecified atom stereocenters. The standard InChI is InChI=1S/C19H27N3O4.ClH/c1-12(23)21-16-8-15(9-17(25-2)18(16)26-3)19(24)22-6-4-13-10-20-11-14(13)5-7-22;/h8-9,13-14,20H,4-7,10-11H2,1-3H3,(H,21,23);1H/t13-,14+;. The maximum absolute atomic E-state index is 13.1. The highest BCUT2D eigenvalue weighted by molar-refractivity contribution is 5.99. The second-order valence-corrected chi connectivity index (χ2v) is 6.99. The fourth-order valence-electron chi connectivity index (χ4n) is 3.97. The molecule has 0 saturated carbocycles. The van der Waals surface area contributed by atoms with Crippen LogP contribution in [0.15, 0.2) is 12.1 Å². The molecule has 2 heterocycles. The van der Waals surface area contributed by atoms with Gasteiger partial charge in [0.15, 0.2) is 11.5 Å². The van der Waals surface area contributed by atoms with Crippen LogP contribution >= 0.6 is 12.4 Å². The van der Waals surface area contributed by atoms with Gasteiger partial charge in [0.25, 0.3) is 5.91 Å². The zero-order chi connectivity index (χ0) is 18.7. The van der Waals surface area contributed by atoms with Crippen LogP contribution in [0.5, 0.6) is 11.5 Å². The van der Waals surface area contributed by atoms with Crippen molar-refractivity contribution in [3.63, 3.8) is 0 Å². The second kappa shape index (κ2) is 9.28. The van der Waals surface area contributed by atoms with Crippen LogP contribution in [0.1, 0.15) is 30.1 Å². The lowest BCUT2D eigenvalue weighted by Gasteiger charge is -2.22. The van der Waals surface area contributed by atoms with Gasteiger partial charge in [0.1, 0.15) is 0 Å². The molecular weight excluding hydrogens is 370 g/mol. The first kappa shape index (κ1) is 21.3. The summed E-state index contributed by atoms with van der Waals surface area (Å²) in [6, 6.07) is 3.35. The number of hydrogen-bond donors (Lipinski definition) is 2. The van der Waals surface area contributed by atoms with E-state index >= 15 is 0 Å². The fourth-order valence-corrected chi connectivity index (χ4v) is 3.97. The third-order valence-electron chi connectivity index (χ3n) is 5.34. The number of nitrogens with zero attached hydrogens (tertiary/aromatic N) is 1. The minimum Gasteiger partial charge on any atom is -0.493 e. The Balaban J connectivity index is 0.00000261. The van der Waals surface area contributed by atoms with Crippen molar-refractivity contribution in [3.8, 4) is 11.5 Å². The number of likely N-dealkylation sites (tertiary alicyclic amines) is 1. The Bertz CT molecular complexity index is 684. The molecule has 2 N–H and O–H groups in total. The van der Waals surface area contributed by atoms with Crippen molar-refractivity contribution in [1.29, 1.82) is 0 Å². The summed E-state index contributed by atoms with van der Waals surface area (Å²) in [7, 11) is 3.02. The molecule has 8 heteroatoms. The average Bonchev–Trinajstić information content (AvgIpc) is 2.98. The van der Waals surface area contributed by atoms with Gasteiger partial charge >= 0.3 is 0 Å². The van der Waals surface area contributed by atoms with Crippen molar-refractivity contribution in [2.75, 3.05) is 45.7 Å². The summed E-state index contributed by atoms with van der Waals surface area (Å²) in [5.74, 6) is 1.89. The second-order valence-electron chi connectivity index (χ2n) is 6.99. The Hall–Kier alpha value is -1.99. The van der Waals surface area contributed by atoms with Crippen molar-refractivity contribution >= 4 is 29.9 Å². The fraction of sp³-hybridized carbons (Fsp3) is 0.579. The summed E-state index contributed by atoms with van der Waals surface area (Å²) in [5.41, 5.74) is 0.940. The van der Waals surface area contributed by atoms with E-state index in [1.54, 1.807) is 12.1 Å². The molecule has 0 spiro atoms. The number of carbonyl (C=O) groups is 2. The first-order valence-electron chi connectivity index (χ1n) is 9.07. The van der Waals surface area contributed by atoms with Gasteiger partial charge in [0.2, 0.25) is 5.91 Å². The van der Waals surface area contributed by atoms with Crippen LogP contribution in [0.2, 0.25) is 0 Å². The molecule has 1 aromatic rings. The number of benzene rings is 1. The molecule has 2 saturated heterocycles. The van der Waals surface area contributed by atoms with E-state index in [1.807, 2.05) is 4.90 Å². The summed E-state index contributed by atoms with van der Waals surface area (Å²) in [4.78, 5) is 26.5. The SMILES string of the molecule is COc1cc(C(=O)N2CC[C@@H]3CNC[C@@H]3CC2)cc(NC(C)=O)c1OC.Cl. The van der Waals surface area contributed by atoms with Crippen LogP contribution in [0.25, 0.3) is 0 Å². The van der Waals surface area contributed by atoms with Crippen molar-refractivity contribution in [2.24, 2.45) is 11.8 Å². The van der Waals surface area contributed by atoms with Crippen LogP contribution in [0.3, 0.4) is 0 Å². The number of amides is 2. The first-order valence-corrected chi connectivity index (χ1v) is 9.07. The Labute approximate surface area is 166 Å². The van der Waals surface area contributed by atoms with Gasteiger partial charge in [-0.2, -0.15) is 0 Å². The minimum atomic E-state index is -0.231. The highest BCUT2D eigenvalue weighted by atomic mass is 35.5. The highest BCUT2D eigenvalue weighted by Crippen LogP contribution is 2.37. The molecule has 150 valence electrons. The average molecular weight is 398 g/mol. The summed E-state index contributed by atoms with van der Waals surface area (Å²) < 4.78 is 10.7. The molecule has 0 bridgehead atoms. The number of anilines is 1. The molecule has 0 aliphatic carbocycles. The molecule has 3 rings (SSSR count). The predicted octanol–water partition coefficient (Wildman–Crippen LogP) is 2.16. The largest absolute Gasteiger partial charge is 0.493 e. The maximum Gasteiger partial charge on any atom is 0.254 e. The Morgan fingerprint density at radius 2 is 1.74 bits per heavy atom. The highest BCUT2D eigenvalue weighted by Gasteiger charge is 2.32. The molecule has 0 radical (unpaired) electrons. The van der Waals surface area contributed by atoms with Gasteiger partial charge in [-0.15, -0.1) is 12.4 Å². The smallest absolute Gasteiger partial charge is 0.254 e. The van der Waals surface area contributed by atoms with E-state index in [2.05, 4.69) is 10.6 Å². The van der Waals surface area contributed by atoms with E-state index in [9.17, 15) is 9.59 Å². The number of nitrogens with one attached hydrogen (secondary N) is 2. The van der Waals surface area contributed by atoms with Gasteiger partial charge in [-0.3, -0.25) is 9.59 Å². The van der Waals surface area contributed by atoms with Gasteiger partial charge in [0, 0.05) is 25.6 Å². The Morgan fingerprint density at radius 1 is 1.11 bits per heavy atom. The molecule has 27 heavy (non-hydrogen) atoms. The van der Waals surface area contributed by atoms with Crippen LogP contribution in [0.4, 0.5) is 5.69 Å². The van der Waals surface area contributed by atoms with E-state index in [0.29, 0.717) is 34.6 Å². The zero-order valence-electron chi connectivity index (χ0n) is 16.0. The lowest BCUT2D eigenvalue weighted by molar-refractivity contribution is -0.114. The molecule has 2 amide bonds. The Kier molecular flexibility index (Phi) is 7.33. The van der Waals surface area contributed by atoms with Crippen molar-refractivity contribution in [2.45, 2.75) is 19.8 Å². The predicted molar refractivity (Wildman–Crippen MR) is 106 cm³/mol. The van der Waals surface area contributed by atoms with Crippen molar-refractivity contribution < 1.29 is 19.1 Å². The van der Waals surface area contributed by atoms with E-state index in [0.717, 1.165) is 39.0 Å². The van der Waals surface area contributed by atoms with Crippen LogP contribution in [-0.4, -0.2) is 57.1 Å². The van der Waals surface area contributed by atoms with Crippen molar-refractivity contribution in [3.05, 3.63) is 17.7 Å². The van der Waals surface area contributed by atoms with E-state index < -0.39 is 0 Å². The van der Waals surface area contributed by atoms with Gasteiger partial charge in [-0.1, -0.05) is 0 Å². The van der Waals surface area contributed by atoms with Gasteiger partial charge in [0.05, 0.1) is 19.9 Å². The van der Waals surface area contributed by atoms with E-state index in [1.165, 1.54) is 21.1 Å². The monoisotopic (exact) mass is 397 g/mol. The summed E-state index contributed by atoms with van der Waals surface area (Å²) in [5, 5.41) is 6.17. The molecule has 7 nitrogen and oxygen atoms in total. The third-order valence-corrected chi connectivity index (χ3v) is 5.34. The lowest BCUT2D eigenvalue weighted by atomic mass is 9.92. The van der Waals surface area contributed by atoms with E-state index in [-0.39, 0.29) is 24.2 Å². The molecule has 1 aromatic carbocycles. The van der Waals surface area contributed by atoms with E-state index in [4.69, 9.17) is 9.47 Å². The topological polar surface area (TPSA) is 79.9 Å². The molecule has 2 fully saturated rings. The molecule has 0 aromatic heterocycles. The third kappa shape index (κ3) is 4.65. The Morgan fingerprint density at radius 3 is 2.26 bits per heavy atom. The zero-order valence-corrected chi connectivity index (χ0v) is 16.9. The number of fused-ring (bicyclic) bond motifs is 1. The number of rotatable bonds is 4. The van der Waals surface area contributed by atoms with Crippen molar-refractivity contribution in [1.82, 2.24) is 10.2 Å². The number of methoxy groups -OCH3 is 2. The lowest BCUT2D eigenvalue weighted by Crippen LogP contribution is -2.32. The first-order chi connectivity index (χ1) is 12.5. The minimum absolute atomic E-state index is 0. The van der Waals surface area contributed by atoms with Gasteiger partial charge in [-0.25, -0.2) is 0 Å². The van der Waals surface area contributed by atoms with Crippen LogP contribution in [-0.2, 0) is 4.79 Å². The summed E-state index contributed by atoms with van der Waals surface area (Å²) in [6.07, 6.45) is 2.05. The molecule has 2 atom stereocenters. The number of hydrogen-bond acceptors (Lipinski definition) is 5. The summed E-state index contributed by atoms with van der Waals surface area (Å²) >= 11 is 0. The van der Waals surface area contributed by atoms with Crippen LogP contribution < -0.4 is 20.1 Å². The summed E-state index contributed by atoms with van der Waals surface area (Å²) in [6.45, 7) is 5.03. The normalized spacial score (nSPS) is 21.5. The van der Waals surface area contributed by atoms with Gasteiger partial charge < -0.3 is 25.0 Å². The molecular formula is C19H28ClN3O4. The van der Waals surface area contributed by atoms with Crippen LogP contribution in [0, 0.1) is 11.8 Å². The maximum atomic E-state index is 13.1. The quantitative estimate of drug-likeness (QED) is 0.813. The molecule has 2 aliphatic rings. The number of halogens is 1. The molecule has 2 aliphatic heterocycles.